The lowest BCUT2D eigenvalue weighted by atomic mass is 10.1. The lowest BCUT2D eigenvalue weighted by Crippen LogP contribution is -2.50. The molecule has 7 nitrogen and oxygen atoms in total. The van der Waals surface area contributed by atoms with Crippen LogP contribution in [0.4, 0.5) is 5.69 Å². The Morgan fingerprint density at radius 3 is 2.11 bits per heavy atom. The van der Waals surface area contributed by atoms with Crippen molar-refractivity contribution in [1.29, 1.82) is 0 Å². The summed E-state index contributed by atoms with van der Waals surface area (Å²) in [4.78, 5) is 38.3. The van der Waals surface area contributed by atoms with Crippen molar-refractivity contribution >= 4 is 23.3 Å². The second kappa shape index (κ2) is 8.35. The van der Waals surface area contributed by atoms with Gasteiger partial charge in [-0.15, -0.1) is 0 Å². The van der Waals surface area contributed by atoms with Crippen LogP contribution < -0.4 is 9.64 Å². The number of anilines is 1. The molecule has 1 aliphatic rings. The van der Waals surface area contributed by atoms with Crippen LogP contribution in [0.2, 0.25) is 0 Å². The molecule has 0 atom stereocenters. The molecule has 7 heteroatoms. The van der Waals surface area contributed by atoms with Gasteiger partial charge in [-0.3, -0.25) is 9.59 Å². The van der Waals surface area contributed by atoms with E-state index >= 15 is 0 Å². The maximum Gasteiger partial charge on any atom is 0.377 e. The third-order valence-corrected chi connectivity index (χ3v) is 4.43. The fraction of sp³-hybridized carbons (Fsp3) is 0.250. The summed E-state index contributed by atoms with van der Waals surface area (Å²) in [5.41, 5.74) is 1.22. The van der Waals surface area contributed by atoms with Crippen molar-refractivity contribution in [2.45, 2.75) is 0 Å². The van der Waals surface area contributed by atoms with Gasteiger partial charge in [0.05, 0.1) is 0 Å². The average Bonchev–Trinajstić information content (AvgIpc) is 2.72. The third kappa shape index (κ3) is 4.63. The maximum atomic E-state index is 12.3. The molecule has 1 aliphatic heterocycles. The molecule has 1 N–H and O–H groups in total. The molecule has 2 aromatic carbocycles. The fourth-order valence-corrected chi connectivity index (χ4v) is 2.92. The molecule has 0 bridgehead atoms. The first kappa shape index (κ1) is 18.4. The zero-order valence-electron chi connectivity index (χ0n) is 14.7. The van der Waals surface area contributed by atoms with Gasteiger partial charge in [0.2, 0.25) is 0 Å². The molecule has 0 saturated carbocycles. The number of benzene rings is 2. The van der Waals surface area contributed by atoms with Crippen LogP contribution in [0.15, 0.2) is 54.6 Å². The smallest absolute Gasteiger partial charge is 0.377 e. The highest BCUT2D eigenvalue weighted by Gasteiger charge is 2.21. The van der Waals surface area contributed by atoms with Crippen LogP contribution >= 0.6 is 0 Å². The number of ketones is 1. The molecule has 0 aromatic heterocycles. The van der Waals surface area contributed by atoms with E-state index in [0.717, 1.165) is 18.8 Å². The Kier molecular flexibility index (Phi) is 5.71. The third-order valence-electron chi connectivity index (χ3n) is 4.43. The van der Waals surface area contributed by atoms with Crippen molar-refractivity contribution in [3.05, 3.63) is 60.2 Å². The molecule has 140 valence electrons. The van der Waals surface area contributed by atoms with Gasteiger partial charge in [0.15, 0.2) is 6.61 Å². The van der Waals surface area contributed by atoms with E-state index in [9.17, 15) is 14.4 Å². The number of aliphatic carboxylic acids is 1. The van der Waals surface area contributed by atoms with Crippen molar-refractivity contribution in [2.24, 2.45) is 0 Å². The highest BCUT2D eigenvalue weighted by molar-refractivity contribution is 6.39. The summed E-state index contributed by atoms with van der Waals surface area (Å²) in [6.45, 7) is 2.69. The van der Waals surface area contributed by atoms with Gasteiger partial charge in [-0.1, -0.05) is 18.2 Å². The van der Waals surface area contributed by atoms with E-state index < -0.39 is 11.8 Å². The predicted molar refractivity (Wildman–Crippen MR) is 99.1 cm³/mol. The minimum atomic E-state index is -1.51. The molecule has 1 saturated heterocycles. The summed E-state index contributed by atoms with van der Waals surface area (Å²) in [5.74, 6) is -2.18. The Morgan fingerprint density at radius 2 is 1.52 bits per heavy atom. The summed E-state index contributed by atoms with van der Waals surface area (Å²) >= 11 is 0. The van der Waals surface area contributed by atoms with Crippen molar-refractivity contribution < 1.29 is 24.2 Å². The molecular weight excluding hydrogens is 348 g/mol. The molecule has 3 rings (SSSR count). The topological polar surface area (TPSA) is 87.1 Å². The first-order chi connectivity index (χ1) is 13.0. The average molecular weight is 368 g/mol. The number of Topliss-reactive ketones (excluding diaryl/α,β-unsaturated/α-hetero) is 1. The van der Waals surface area contributed by atoms with Crippen LogP contribution in [0.25, 0.3) is 0 Å². The van der Waals surface area contributed by atoms with Gasteiger partial charge in [-0.2, -0.15) is 0 Å². The molecule has 1 heterocycles. The van der Waals surface area contributed by atoms with Crippen LogP contribution in [0, 0.1) is 0 Å². The molecule has 2 aromatic rings. The van der Waals surface area contributed by atoms with E-state index in [0.29, 0.717) is 18.8 Å². The highest BCUT2D eigenvalue weighted by Crippen LogP contribution is 2.16. The van der Waals surface area contributed by atoms with Crippen LogP contribution in [0.1, 0.15) is 10.4 Å². The summed E-state index contributed by atoms with van der Waals surface area (Å²) in [5, 5.41) is 8.68. The van der Waals surface area contributed by atoms with Gasteiger partial charge >= 0.3 is 5.97 Å². The second-order valence-electron chi connectivity index (χ2n) is 6.15. The SMILES string of the molecule is O=C(O)C(=O)c1ccc(OCC(=O)N2CCN(c3ccccc3)CC2)cc1. The van der Waals surface area contributed by atoms with Crippen LogP contribution in [-0.4, -0.2) is 60.5 Å². The maximum absolute atomic E-state index is 12.3. The molecule has 27 heavy (non-hydrogen) atoms. The van der Waals surface area contributed by atoms with Gasteiger partial charge in [0, 0.05) is 37.4 Å². The van der Waals surface area contributed by atoms with Gasteiger partial charge < -0.3 is 19.6 Å². The van der Waals surface area contributed by atoms with Gasteiger partial charge in [-0.05, 0) is 36.4 Å². The molecule has 1 fully saturated rings. The zero-order valence-corrected chi connectivity index (χ0v) is 14.7. The van der Waals surface area contributed by atoms with E-state index in [1.165, 1.54) is 24.3 Å². The molecule has 0 unspecified atom stereocenters. The first-order valence-corrected chi connectivity index (χ1v) is 8.63. The number of nitrogens with zero attached hydrogens (tertiary/aromatic N) is 2. The summed E-state index contributed by atoms with van der Waals surface area (Å²) in [6.07, 6.45) is 0. The number of carbonyl (C=O) groups excluding carboxylic acids is 2. The van der Waals surface area contributed by atoms with Crippen LogP contribution in [0.5, 0.6) is 5.75 Å². The molecule has 0 spiro atoms. The highest BCUT2D eigenvalue weighted by atomic mass is 16.5. The van der Waals surface area contributed by atoms with Gasteiger partial charge in [0.25, 0.3) is 11.7 Å². The summed E-state index contributed by atoms with van der Waals surface area (Å²) in [6, 6.07) is 15.8. The number of rotatable bonds is 6. The largest absolute Gasteiger partial charge is 0.484 e. The van der Waals surface area contributed by atoms with E-state index in [1.807, 2.05) is 18.2 Å². The second-order valence-corrected chi connectivity index (χ2v) is 6.15. The summed E-state index contributed by atoms with van der Waals surface area (Å²) < 4.78 is 5.46. The number of carboxylic acids is 1. The monoisotopic (exact) mass is 368 g/mol. The Hall–Kier alpha value is -3.35. The Balaban J connectivity index is 1.47. The number of carbonyl (C=O) groups is 3. The molecular formula is C20H20N2O5. The Bertz CT molecular complexity index is 812. The number of carboxylic acid groups (broad SMARTS) is 1. The number of amides is 1. The Labute approximate surface area is 156 Å². The number of hydrogen-bond donors (Lipinski definition) is 1. The van der Waals surface area contributed by atoms with Crippen molar-refractivity contribution in [3.63, 3.8) is 0 Å². The minimum Gasteiger partial charge on any atom is -0.484 e. The Morgan fingerprint density at radius 1 is 0.889 bits per heavy atom. The number of piperazine rings is 1. The lowest BCUT2D eigenvalue weighted by molar-refractivity contribution is -0.133. The normalized spacial score (nSPS) is 13.9. The minimum absolute atomic E-state index is 0.0678. The van der Waals surface area contributed by atoms with Gasteiger partial charge in [0.1, 0.15) is 5.75 Å². The van der Waals surface area contributed by atoms with E-state index in [2.05, 4.69) is 17.0 Å². The molecule has 1 amide bonds. The van der Waals surface area contributed by atoms with Gasteiger partial charge in [-0.25, -0.2) is 4.79 Å². The molecule has 0 radical (unpaired) electrons. The fourth-order valence-electron chi connectivity index (χ4n) is 2.92. The number of hydrogen-bond acceptors (Lipinski definition) is 5. The number of ether oxygens (including phenoxy) is 1. The zero-order chi connectivity index (χ0) is 19.2. The molecule has 0 aliphatic carbocycles. The van der Waals surface area contributed by atoms with E-state index in [4.69, 9.17) is 9.84 Å². The van der Waals surface area contributed by atoms with Crippen molar-refractivity contribution in [2.75, 3.05) is 37.7 Å². The lowest BCUT2D eigenvalue weighted by Gasteiger charge is -2.36. The first-order valence-electron chi connectivity index (χ1n) is 8.63. The summed E-state index contributed by atoms with van der Waals surface area (Å²) in [7, 11) is 0. The quantitative estimate of drug-likeness (QED) is 0.617. The van der Waals surface area contributed by atoms with E-state index in [1.54, 1.807) is 4.90 Å². The number of para-hydroxylation sites is 1. The predicted octanol–water partition coefficient (Wildman–Crippen LogP) is 1.68. The van der Waals surface area contributed by atoms with Crippen molar-refractivity contribution in [1.82, 2.24) is 4.90 Å². The van der Waals surface area contributed by atoms with E-state index in [-0.39, 0.29) is 18.1 Å². The standard InChI is InChI=1S/C20H20N2O5/c23-18(14-27-17-8-6-15(7-9-17)19(24)20(25)26)22-12-10-21(11-13-22)16-4-2-1-3-5-16/h1-9H,10-14H2,(H,25,26). The van der Waals surface area contributed by atoms with Crippen molar-refractivity contribution in [3.8, 4) is 5.75 Å². The van der Waals surface area contributed by atoms with Crippen LogP contribution in [0.3, 0.4) is 0 Å². The van der Waals surface area contributed by atoms with Crippen LogP contribution in [-0.2, 0) is 9.59 Å².